The molecule has 0 unspecified atom stereocenters. The van der Waals surface area contributed by atoms with Gasteiger partial charge in [-0.3, -0.25) is 29.4 Å². The topological polar surface area (TPSA) is 113 Å². The van der Waals surface area contributed by atoms with Gasteiger partial charge in [-0.1, -0.05) is 18.2 Å². The van der Waals surface area contributed by atoms with E-state index in [-0.39, 0.29) is 23.5 Å². The predicted octanol–water partition coefficient (Wildman–Crippen LogP) is 2.03. The third kappa shape index (κ3) is 2.06. The van der Waals surface area contributed by atoms with Crippen molar-refractivity contribution in [2.45, 2.75) is 24.4 Å². The third-order valence-corrected chi connectivity index (χ3v) is 7.22. The molecule has 9 heteroatoms. The zero-order valence-corrected chi connectivity index (χ0v) is 16.4. The second-order valence-electron chi connectivity index (χ2n) is 8.46. The van der Waals surface area contributed by atoms with Crippen molar-refractivity contribution in [3.63, 3.8) is 0 Å². The van der Waals surface area contributed by atoms with Crippen LogP contribution in [-0.2, 0) is 19.9 Å². The number of hydrogen-bond donors (Lipinski definition) is 1. The highest BCUT2D eigenvalue weighted by molar-refractivity contribution is 6.25. The number of para-hydroxylation sites is 1. The Morgan fingerprint density at radius 2 is 1.77 bits per heavy atom. The molecule has 0 aromatic heterocycles. The molecule has 0 aliphatic carbocycles. The number of carbonyl (C=O) groups is 3. The van der Waals surface area contributed by atoms with Crippen LogP contribution in [0.25, 0.3) is 0 Å². The van der Waals surface area contributed by atoms with Crippen LogP contribution in [0.1, 0.15) is 18.4 Å². The summed E-state index contributed by atoms with van der Waals surface area (Å²) in [5.41, 5.74) is 0.385. The van der Waals surface area contributed by atoms with Gasteiger partial charge in [-0.25, -0.2) is 4.90 Å². The SMILES string of the molecule is O=C1[C@H]2[C@@H](C(=O)N1c1ccc([N+](=O)[O-])cc1)[C@@]1(C(=O)Nc3ccccc31)N1CCC[C@@H]21. The number of hydrogen-bond acceptors (Lipinski definition) is 6. The minimum absolute atomic E-state index is 0.120. The van der Waals surface area contributed by atoms with Gasteiger partial charge in [-0.05, 0) is 37.6 Å². The molecule has 4 heterocycles. The Morgan fingerprint density at radius 3 is 2.52 bits per heavy atom. The van der Waals surface area contributed by atoms with Crippen molar-refractivity contribution >= 4 is 34.8 Å². The molecule has 156 valence electrons. The standard InChI is InChI=1S/C22H18N4O5/c27-19-17-16-6-3-11-24(16)22(14-4-1-2-5-15(14)23-21(22)29)18(17)20(28)25(19)12-7-9-13(10-8-12)26(30)31/h1-2,4-5,7-10,16-18H,3,6,11H2,(H,23,29)/t16-,17+,18-,22-/m0/s1. The number of rotatable bonds is 2. The molecule has 2 aromatic rings. The molecular weight excluding hydrogens is 400 g/mol. The average molecular weight is 418 g/mol. The Labute approximate surface area is 176 Å². The second-order valence-corrected chi connectivity index (χ2v) is 8.46. The highest BCUT2D eigenvalue weighted by Crippen LogP contribution is 2.60. The molecule has 9 nitrogen and oxygen atoms in total. The fourth-order valence-electron chi connectivity index (χ4n) is 6.14. The molecule has 1 spiro atoms. The highest BCUT2D eigenvalue weighted by atomic mass is 16.6. The lowest BCUT2D eigenvalue weighted by molar-refractivity contribution is -0.384. The molecule has 1 N–H and O–H groups in total. The van der Waals surface area contributed by atoms with Crippen molar-refractivity contribution in [3.05, 3.63) is 64.2 Å². The van der Waals surface area contributed by atoms with Crippen molar-refractivity contribution in [3.8, 4) is 0 Å². The lowest BCUT2D eigenvalue weighted by Gasteiger charge is -2.36. The number of fused-ring (bicyclic) bond motifs is 7. The monoisotopic (exact) mass is 418 g/mol. The summed E-state index contributed by atoms with van der Waals surface area (Å²) in [4.78, 5) is 54.3. The first kappa shape index (κ1) is 18.2. The van der Waals surface area contributed by atoms with Crippen LogP contribution >= 0.6 is 0 Å². The molecule has 31 heavy (non-hydrogen) atoms. The van der Waals surface area contributed by atoms with E-state index in [1.165, 1.54) is 24.3 Å². The van der Waals surface area contributed by atoms with E-state index in [0.717, 1.165) is 23.3 Å². The smallest absolute Gasteiger partial charge is 0.269 e. The maximum Gasteiger partial charge on any atom is 0.269 e. The summed E-state index contributed by atoms with van der Waals surface area (Å²) in [6.45, 7) is 0.650. The lowest BCUT2D eigenvalue weighted by atomic mass is 9.75. The van der Waals surface area contributed by atoms with Gasteiger partial charge in [0, 0.05) is 29.4 Å². The fraction of sp³-hybridized carbons (Fsp3) is 0.318. The number of anilines is 2. The Morgan fingerprint density at radius 1 is 1.03 bits per heavy atom. The van der Waals surface area contributed by atoms with Gasteiger partial charge in [0.25, 0.3) is 5.69 Å². The Bertz CT molecular complexity index is 1180. The summed E-state index contributed by atoms with van der Waals surface area (Å²) in [6, 6.07) is 12.5. The van der Waals surface area contributed by atoms with Gasteiger partial charge < -0.3 is 5.32 Å². The zero-order valence-electron chi connectivity index (χ0n) is 16.4. The fourth-order valence-corrected chi connectivity index (χ4v) is 6.14. The van der Waals surface area contributed by atoms with Crippen LogP contribution in [0.15, 0.2) is 48.5 Å². The summed E-state index contributed by atoms with van der Waals surface area (Å²) in [6.07, 6.45) is 1.59. The van der Waals surface area contributed by atoms with Crippen molar-refractivity contribution in [2.24, 2.45) is 11.8 Å². The molecule has 0 bridgehead atoms. The van der Waals surface area contributed by atoms with Crippen LogP contribution in [0, 0.1) is 22.0 Å². The van der Waals surface area contributed by atoms with E-state index in [0.29, 0.717) is 17.9 Å². The molecule has 6 rings (SSSR count). The van der Waals surface area contributed by atoms with Gasteiger partial charge in [0.2, 0.25) is 17.7 Å². The highest BCUT2D eigenvalue weighted by Gasteiger charge is 2.74. The number of benzene rings is 2. The van der Waals surface area contributed by atoms with Crippen LogP contribution in [-0.4, -0.2) is 40.1 Å². The van der Waals surface area contributed by atoms with Gasteiger partial charge in [-0.15, -0.1) is 0 Å². The molecule has 0 radical (unpaired) electrons. The lowest BCUT2D eigenvalue weighted by Crippen LogP contribution is -2.54. The number of imide groups is 1. The molecule has 4 atom stereocenters. The minimum Gasteiger partial charge on any atom is -0.324 e. The maximum absolute atomic E-state index is 13.7. The minimum atomic E-state index is -1.20. The molecule has 2 aromatic carbocycles. The first-order chi connectivity index (χ1) is 15.0. The Hall–Kier alpha value is -3.59. The van der Waals surface area contributed by atoms with Gasteiger partial charge in [0.15, 0.2) is 0 Å². The first-order valence-corrected chi connectivity index (χ1v) is 10.3. The first-order valence-electron chi connectivity index (χ1n) is 10.3. The number of nitro benzene ring substituents is 1. The van der Waals surface area contributed by atoms with Gasteiger partial charge in [-0.2, -0.15) is 0 Å². The van der Waals surface area contributed by atoms with Crippen molar-refractivity contribution in [1.29, 1.82) is 0 Å². The third-order valence-electron chi connectivity index (χ3n) is 7.22. The molecule has 4 aliphatic heterocycles. The van der Waals surface area contributed by atoms with E-state index in [1.807, 2.05) is 24.3 Å². The molecule has 0 saturated carbocycles. The molecule has 3 fully saturated rings. The maximum atomic E-state index is 13.7. The second kappa shape index (κ2) is 5.98. The van der Waals surface area contributed by atoms with Crippen LogP contribution < -0.4 is 10.2 Å². The normalized spacial score (nSPS) is 31.2. The van der Waals surface area contributed by atoms with E-state index in [4.69, 9.17) is 0 Å². The van der Waals surface area contributed by atoms with Gasteiger partial charge in [0.05, 0.1) is 22.4 Å². The Balaban J connectivity index is 1.50. The van der Waals surface area contributed by atoms with E-state index < -0.39 is 28.2 Å². The summed E-state index contributed by atoms with van der Waals surface area (Å²) in [5, 5.41) is 13.9. The van der Waals surface area contributed by atoms with E-state index in [9.17, 15) is 24.5 Å². The van der Waals surface area contributed by atoms with E-state index >= 15 is 0 Å². The molecule has 3 saturated heterocycles. The molecular formula is C22H18N4O5. The molecule has 3 amide bonds. The summed E-state index contributed by atoms with van der Waals surface area (Å²) in [7, 11) is 0. The van der Waals surface area contributed by atoms with Gasteiger partial charge >= 0.3 is 0 Å². The van der Waals surface area contributed by atoms with Crippen LogP contribution in [0.4, 0.5) is 17.1 Å². The molecule has 4 aliphatic rings. The zero-order chi connectivity index (χ0) is 21.5. The van der Waals surface area contributed by atoms with Crippen LogP contribution in [0.3, 0.4) is 0 Å². The number of amides is 3. The predicted molar refractivity (Wildman–Crippen MR) is 109 cm³/mol. The van der Waals surface area contributed by atoms with Crippen LogP contribution in [0.2, 0.25) is 0 Å². The summed E-state index contributed by atoms with van der Waals surface area (Å²) >= 11 is 0. The number of nitrogens with one attached hydrogen (secondary N) is 1. The largest absolute Gasteiger partial charge is 0.324 e. The quantitative estimate of drug-likeness (QED) is 0.454. The number of carbonyl (C=O) groups excluding carboxylic acids is 3. The van der Waals surface area contributed by atoms with Crippen molar-refractivity contribution in [1.82, 2.24) is 4.90 Å². The summed E-state index contributed by atoms with van der Waals surface area (Å²) in [5.74, 6) is -2.48. The average Bonchev–Trinajstić information content (AvgIpc) is 3.46. The number of nitrogens with zero attached hydrogens (tertiary/aromatic N) is 3. The van der Waals surface area contributed by atoms with Gasteiger partial charge in [0.1, 0.15) is 5.54 Å². The van der Waals surface area contributed by atoms with E-state index in [2.05, 4.69) is 10.2 Å². The summed E-state index contributed by atoms with van der Waals surface area (Å²) < 4.78 is 0. The van der Waals surface area contributed by atoms with Crippen molar-refractivity contribution in [2.75, 3.05) is 16.8 Å². The number of non-ortho nitro benzene ring substituents is 1. The number of nitro groups is 1. The Kier molecular flexibility index (Phi) is 3.51. The van der Waals surface area contributed by atoms with Crippen LogP contribution in [0.5, 0.6) is 0 Å². The van der Waals surface area contributed by atoms with E-state index in [1.54, 1.807) is 0 Å². The van der Waals surface area contributed by atoms with Crippen molar-refractivity contribution < 1.29 is 19.3 Å².